The minimum absolute atomic E-state index is 0.0321. The lowest BCUT2D eigenvalue weighted by Crippen LogP contribution is -2.06. The number of hydrogen-bond acceptors (Lipinski definition) is 2. The van der Waals surface area contributed by atoms with Crippen LogP contribution < -0.4 is 5.73 Å². The number of rotatable bonds is 3. The average molecular weight is 334 g/mol. The van der Waals surface area contributed by atoms with Gasteiger partial charge in [-0.05, 0) is 35.9 Å². The van der Waals surface area contributed by atoms with E-state index in [2.05, 4.69) is 0 Å². The third kappa shape index (κ3) is 3.98. The second kappa shape index (κ2) is 6.07. The number of benzene rings is 2. The molecule has 0 aliphatic rings. The van der Waals surface area contributed by atoms with Gasteiger partial charge in [0.25, 0.3) is 0 Å². The molecule has 2 N–H and O–H groups in total. The first-order chi connectivity index (χ1) is 9.77. The van der Waals surface area contributed by atoms with Gasteiger partial charge in [-0.25, -0.2) is 0 Å². The zero-order valence-electron chi connectivity index (χ0n) is 10.7. The summed E-state index contributed by atoms with van der Waals surface area (Å²) in [5.74, 6) is 0.0321. The lowest BCUT2D eigenvalue weighted by atomic mass is 10.2. The molecule has 0 aliphatic heterocycles. The van der Waals surface area contributed by atoms with Crippen molar-refractivity contribution in [2.45, 2.75) is 16.8 Å². The normalized spacial score (nSPS) is 13.1. The molecule has 112 valence electrons. The molecule has 2 nitrogen and oxygen atoms in total. The lowest BCUT2D eigenvalue weighted by Gasteiger charge is -2.09. The highest BCUT2D eigenvalue weighted by Gasteiger charge is 2.30. The van der Waals surface area contributed by atoms with Crippen molar-refractivity contribution in [2.24, 2.45) is 0 Å². The molecule has 2 aromatic rings. The molecule has 2 aromatic carbocycles. The van der Waals surface area contributed by atoms with E-state index in [1.807, 2.05) is 0 Å². The summed E-state index contributed by atoms with van der Waals surface area (Å²) in [6.45, 7) is 0. The van der Waals surface area contributed by atoms with Gasteiger partial charge in [0.2, 0.25) is 0 Å². The van der Waals surface area contributed by atoms with Crippen molar-refractivity contribution in [1.82, 2.24) is 0 Å². The summed E-state index contributed by atoms with van der Waals surface area (Å²) in [6.07, 6.45) is -4.46. The number of nitrogen functional groups attached to an aromatic ring is 1. The quantitative estimate of drug-likeness (QED) is 0.853. The molecule has 0 saturated heterocycles. The van der Waals surface area contributed by atoms with Crippen LogP contribution in [0.4, 0.5) is 18.9 Å². The van der Waals surface area contributed by atoms with Crippen molar-refractivity contribution in [3.8, 4) is 0 Å². The van der Waals surface area contributed by atoms with E-state index in [0.29, 0.717) is 16.3 Å². The Bertz CT molecular complexity index is 688. The summed E-state index contributed by atoms with van der Waals surface area (Å²) < 4.78 is 50.1. The molecule has 7 heteroatoms. The SMILES string of the molecule is Nc1cc(Cl)ccc1CS(=O)c1cccc(C(F)(F)F)c1. The van der Waals surface area contributed by atoms with Crippen LogP contribution in [0.1, 0.15) is 11.1 Å². The average Bonchev–Trinajstić information content (AvgIpc) is 2.41. The van der Waals surface area contributed by atoms with E-state index in [-0.39, 0.29) is 10.6 Å². The second-order valence-corrected chi connectivity index (χ2v) is 6.25. The molecule has 21 heavy (non-hydrogen) atoms. The molecular formula is C14H11ClF3NOS. The highest BCUT2D eigenvalue weighted by molar-refractivity contribution is 7.84. The van der Waals surface area contributed by atoms with E-state index in [1.165, 1.54) is 18.2 Å². The molecular weight excluding hydrogens is 323 g/mol. The predicted molar refractivity (Wildman–Crippen MR) is 77.4 cm³/mol. The van der Waals surface area contributed by atoms with Gasteiger partial charge in [-0.3, -0.25) is 4.21 Å². The van der Waals surface area contributed by atoms with Gasteiger partial charge >= 0.3 is 6.18 Å². The lowest BCUT2D eigenvalue weighted by molar-refractivity contribution is -0.137. The fraction of sp³-hybridized carbons (Fsp3) is 0.143. The van der Waals surface area contributed by atoms with Crippen LogP contribution in [-0.4, -0.2) is 4.21 Å². The molecule has 0 saturated carbocycles. The Hall–Kier alpha value is -1.53. The fourth-order valence-electron chi connectivity index (χ4n) is 1.74. The Morgan fingerprint density at radius 3 is 2.48 bits per heavy atom. The monoisotopic (exact) mass is 333 g/mol. The van der Waals surface area contributed by atoms with Crippen molar-refractivity contribution in [1.29, 1.82) is 0 Å². The van der Waals surface area contributed by atoms with Crippen molar-refractivity contribution < 1.29 is 17.4 Å². The Morgan fingerprint density at radius 1 is 1.14 bits per heavy atom. The molecule has 0 aliphatic carbocycles. The van der Waals surface area contributed by atoms with E-state index >= 15 is 0 Å². The van der Waals surface area contributed by atoms with Crippen LogP contribution in [0.25, 0.3) is 0 Å². The van der Waals surface area contributed by atoms with Crippen LogP contribution in [0.15, 0.2) is 47.4 Å². The van der Waals surface area contributed by atoms with Crippen LogP contribution in [0, 0.1) is 0 Å². The number of nitrogens with two attached hydrogens (primary N) is 1. The highest BCUT2D eigenvalue weighted by Crippen LogP contribution is 2.30. The van der Waals surface area contributed by atoms with Gasteiger partial charge in [0, 0.05) is 15.6 Å². The summed E-state index contributed by atoms with van der Waals surface area (Å²) in [6, 6.07) is 9.19. The number of hydrogen-bond donors (Lipinski definition) is 1. The maximum absolute atomic E-state index is 12.6. The molecule has 0 aromatic heterocycles. The minimum Gasteiger partial charge on any atom is -0.398 e. The van der Waals surface area contributed by atoms with E-state index in [1.54, 1.807) is 12.1 Å². The summed E-state index contributed by atoms with van der Waals surface area (Å²) in [5, 5.41) is 0.445. The highest BCUT2D eigenvalue weighted by atomic mass is 35.5. The van der Waals surface area contributed by atoms with Crippen LogP contribution >= 0.6 is 11.6 Å². The largest absolute Gasteiger partial charge is 0.416 e. The Balaban J connectivity index is 2.25. The van der Waals surface area contributed by atoms with Crippen LogP contribution in [0.2, 0.25) is 5.02 Å². The van der Waals surface area contributed by atoms with Gasteiger partial charge in [0.05, 0.1) is 22.1 Å². The van der Waals surface area contributed by atoms with E-state index in [0.717, 1.165) is 12.1 Å². The standard InChI is InChI=1S/C14H11ClF3NOS/c15-11-5-4-9(13(19)7-11)8-21(20)12-3-1-2-10(6-12)14(16,17)18/h1-7H,8,19H2. The topological polar surface area (TPSA) is 43.1 Å². The van der Waals surface area contributed by atoms with E-state index in [4.69, 9.17) is 17.3 Å². The molecule has 2 rings (SSSR count). The summed E-state index contributed by atoms with van der Waals surface area (Å²) >= 11 is 5.76. The number of halogens is 4. The molecule has 0 bridgehead atoms. The van der Waals surface area contributed by atoms with Gasteiger partial charge in [-0.15, -0.1) is 0 Å². The zero-order valence-corrected chi connectivity index (χ0v) is 12.2. The Kier molecular flexibility index (Phi) is 4.58. The molecule has 0 radical (unpaired) electrons. The molecule has 0 fully saturated rings. The fourth-order valence-corrected chi connectivity index (χ4v) is 3.12. The van der Waals surface area contributed by atoms with Gasteiger partial charge in [0.15, 0.2) is 0 Å². The Labute approximate surface area is 127 Å². The van der Waals surface area contributed by atoms with E-state index < -0.39 is 22.5 Å². The molecule has 0 heterocycles. The first-order valence-corrected chi connectivity index (χ1v) is 7.56. The molecule has 0 amide bonds. The second-order valence-electron chi connectivity index (χ2n) is 4.36. The molecule has 0 spiro atoms. The van der Waals surface area contributed by atoms with Gasteiger partial charge in [-0.1, -0.05) is 23.7 Å². The zero-order chi connectivity index (χ0) is 15.6. The molecule has 1 atom stereocenters. The van der Waals surface area contributed by atoms with Crippen molar-refractivity contribution in [3.05, 3.63) is 58.6 Å². The van der Waals surface area contributed by atoms with Crippen LogP contribution in [0.3, 0.4) is 0 Å². The third-order valence-electron chi connectivity index (χ3n) is 2.82. The maximum Gasteiger partial charge on any atom is 0.416 e. The van der Waals surface area contributed by atoms with Crippen LogP contribution in [-0.2, 0) is 22.7 Å². The van der Waals surface area contributed by atoms with Crippen LogP contribution in [0.5, 0.6) is 0 Å². The smallest absolute Gasteiger partial charge is 0.398 e. The number of alkyl halides is 3. The van der Waals surface area contributed by atoms with Crippen molar-refractivity contribution in [3.63, 3.8) is 0 Å². The third-order valence-corrected chi connectivity index (χ3v) is 4.41. The molecule has 1 unspecified atom stereocenters. The van der Waals surface area contributed by atoms with Gasteiger partial charge in [-0.2, -0.15) is 13.2 Å². The maximum atomic E-state index is 12.6. The summed E-state index contributed by atoms with van der Waals surface area (Å²) in [4.78, 5) is 0.110. The van der Waals surface area contributed by atoms with Crippen molar-refractivity contribution in [2.75, 3.05) is 5.73 Å². The van der Waals surface area contributed by atoms with Gasteiger partial charge in [0.1, 0.15) is 0 Å². The van der Waals surface area contributed by atoms with Gasteiger partial charge < -0.3 is 5.73 Å². The van der Waals surface area contributed by atoms with E-state index in [9.17, 15) is 17.4 Å². The minimum atomic E-state index is -4.46. The Morgan fingerprint density at radius 2 is 1.86 bits per heavy atom. The predicted octanol–water partition coefficient (Wildman–Crippen LogP) is 4.25. The summed E-state index contributed by atoms with van der Waals surface area (Å²) in [7, 11) is -1.62. The first kappa shape index (κ1) is 15.9. The first-order valence-electron chi connectivity index (χ1n) is 5.87. The summed E-state index contributed by atoms with van der Waals surface area (Å²) in [5.41, 5.74) is 5.87. The van der Waals surface area contributed by atoms with Crippen molar-refractivity contribution >= 4 is 28.1 Å². The number of anilines is 1.